The van der Waals surface area contributed by atoms with Crippen LogP contribution in [0.3, 0.4) is 0 Å². The third-order valence-corrected chi connectivity index (χ3v) is 6.85. The first kappa shape index (κ1) is 23.4. The average molecular weight is 479 g/mol. The van der Waals surface area contributed by atoms with Gasteiger partial charge in [0.05, 0.1) is 10.9 Å². The quantitative estimate of drug-likeness (QED) is 0.326. The highest BCUT2D eigenvalue weighted by Crippen LogP contribution is 2.41. The van der Waals surface area contributed by atoms with Gasteiger partial charge in [0.2, 0.25) is 0 Å². The minimum Gasteiger partial charge on any atom is -0.367 e. The van der Waals surface area contributed by atoms with Gasteiger partial charge in [0.1, 0.15) is 12.1 Å². The lowest BCUT2D eigenvalue weighted by atomic mass is 9.70. The van der Waals surface area contributed by atoms with Gasteiger partial charge in [-0.05, 0) is 54.4 Å². The highest BCUT2D eigenvalue weighted by atomic mass is 19.4. The SMILES string of the molecule is C[C@@H]1C[C@@H](Nc2ncnc3c2c(-c2ccccc2)cn3-c2cccc(C(F)(F)F)c2)CC(C)(C)C1. The Kier molecular flexibility index (Phi) is 5.82. The summed E-state index contributed by atoms with van der Waals surface area (Å²) in [5.74, 6) is 1.31. The van der Waals surface area contributed by atoms with Gasteiger partial charge < -0.3 is 9.88 Å². The van der Waals surface area contributed by atoms with E-state index in [0.29, 0.717) is 17.3 Å². The molecule has 5 rings (SSSR count). The molecular weight excluding hydrogens is 449 g/mol. The van der Waals surface area contributed by atoms with Crippen molar-refractivity contribution in [3.05, 3.63) is 72.7 Å². The van der Waals surface area contributed by atoms with Crippen molar-refractivity contribution in [3.63, 3.8) is 0 Å². The summed E-state index contributed by atoms with van der Waals surface area (Å²) >= 11 is 0. The number of alkyl halides is 3. The van der Waals surface area contributed by atoms with Gasteiger partial charge in [-0.2, -0.15) is 13.2 Å². The van der Waals surface area contributed by atoms with Crippen LogP contribution in [-0.2, 0) is 6.18 Å². The van der Waals surface area contributed by atoms with Crippen molar-refractivity contribution in [2.75, 3.05) is 5.32 Å². The van der Waals surface area contributed by atoms with Gasteiger partial charge in [-0.25, -0.2) is 9.97 Å². The molecule has 7 heteroatoms. The fraction of sp³-hybridized carbons (Fsp3) is 0.357. The van der Waals surface area contributed by atoms with Gasteiger partial charge in [-0.15, -0.1) is 0 Å². The van der Waals surface area contributed by atoms with Crippen LogP contribution in [0.4, 0.5) is 19.0 Å². The lowest BCUT2D eigenvalue weighted by Gasteiger charge is -2.39. The molecule has 1 aliphatic rings. The number of aromatic nitrogens is 3. The van der Waals surface area contributed by atoms with Crippen molar-refractivity contribution in [1.82, 2.24) is 14.5 Å². The van der Waals surface area contributed by atoms with Crippen LogP contribution in [0, 0.1) is 11.3 Å². The van der Waals surface area contributed by atoms with Crippen molar-refractivity contribution in [2.24, 2.45) is 11.3 Å². The van der Waals surface area contributed by atoms with Crippen molar-refractivity contribution in [3.8, 4) is 16.8 Å². The number of fused-ring (bicyclic) bond motifs is 1. The molecule has 1 N–H and O–H groups in total. The molecule has 2 aromatic carbocycles. The molecule has 0 saturated heterocycles. The molecule has 2 atom stereocenters. The van der Waals surface area contributed by atoms with E-state index in [0.717, 1.165) is 47.3 Å². The molecule has 0 bridgehead atoms. The summed E-state index contributed by atoms with van der Waals surface area (Å²) < 4.78 is 42.1. The topological polar surface area (TPSA) is 42.7 Å². The van der Waals surface area contributed by atoms with Crippen LogP contribution in [0.2, 0.25) is 0 Å². The van der Waals surface area contributed by atoms with E-state index in [1.807, 2.05) is 36.5 Å². The van der Waals surface area contributed by atoms with E-state index in [4.69, 9.17) is 0 Å². The predicted molar refractivity (Wildman–Crippen MR) is 134 cm³/mol. The number of halogens is 3. The third-order valence-electron chi connectivity index (χ3n) is 6.85. The van der Waals surface area contributed by atoms with E-state index in [9.17, 15) is 13.2 Å². The highest BCUT2D eigenvalue weighted by Gasteiger charge is 2.33. The number of benzene rings is 2. The van der Waals surface area contributed by atoms with Gasteiger partial charge in [0.15, 0.2) is 5.65 Å². The molecule has 35 heavy (non-hydrogen) atoms. The van der Waals surface area contributed by atoms with Crippen molar-refractivity contribution < 1.29 is 13.2 Å². The molecule has 182 valence electrons. The zero-order valence-corrected chi connectivity index (χ0v) is 20.1. The van der Waals surface area contributed by atoms with E-state index in [1.54, 1.807) is 10.6 Å². The summed E-state index contributed by atoms with van der Waals surface area (Å²) in [6.07, 6.45) is 2.18. The lowest BCUT2D eigenvalue weighted by molar-refractivity contribution is -0.137. The second-order valence-corrected chi connectivity index (χ2v) is 10.5. The van der Waals surface area contributed by atoms with E-state index >= 15 is 0 Å². The van der Waals surface area contributed by atoms with Crippen molar-refractivity contribution in [2.45, 2.75) is 52.3 Å². The van der Waals surface area contributed by atoms with Gasteiger partial charge in [-0.1, -0.05) is 57.2 Å². The monoisotopic (exact) mass is 478 g/mol. The lowest BCUT2D eigenvalue weighted by Crippen LogP contribution is -2.35. The summed E-state index contributed by atoms with van der Waals surface area (Å²) in [6.45, 7) is 6.88. The second-order valence-electron chi connectivity index (χ2n) is 10.5. The molecule has 0 radical (unpaired) electrons. The molecule has 0 unspecified atom stereocenters. The number of nitrogens with zero attached hydrogens (tertiary/aromatic N) is 3. The fourth-order valence-electron chi connectivity index (χ4n) is 5.69. The number of hydrogen-bond acceptors (Lipinski definition) is 3. The van der Waals surface area contributed by atoms with E-state index < -0.39 is 11.7 Å². The van der Waals surface area contributed by atoms with Crippen molar-refractivity contribution in [1.29, 1.82) is 0 Å². The standard InChI is InChI=1S/C28H29F3N4/c1-18-12-21(15-27(2,3)14-18)34-25-24-23(19-8-5-4-6-9-19)16-35(26(24)33-17-32-25)22-11-7-10-20(13-22)28(29,30)31/h4-11,13,16-18,21H,12,14-15H2,1-3H3,(H,32,33,34)/t18-,21-/m1/s1. The smallest absolute Gasteiger partial charge is 0.367 e. The molecule has 0 amide bonds. The van der Waals surface area contributed by atoms with Crippen LogP contribution >= 0.6 is 0 Å². The minimum atomic E-state index is -4.42. The third kappa shape index (κ3) is 4.77. The van der Waals surface area contributed by atoms with Crippen LogP contribution < -0.4 is 5.32 Å². The number of rotatable bonds is 4. The molecule has 0 spiro atoms. The van der Waals surface area contributed by atoms with Gasteiger partial charge >= 0.3 is 6.18 Å². The first-order valence-electron chi connectivity index (χ1n) is 12.0. The summed E-state index contributed by atoms with van der Waals surface area (Å²) in [7, 11) is 0. The molecular formula is C28H29F3N4. The van der Waals surface area contributed by atoms with Gasteiger partial charge in [0, 0.05) is 23.5 Å². The highest BCUT2D eigenvalue weighted by molar-refractivity contribution is 6.02. The Morgan fingerprint density at radius 2 is 1.77 bits per heavy atom. The molecule has 2 aromatic heterocycles. The largest absolute Gasteiger partial charge is 0.416 e. The molecule has 0 aliphatic heterocycles. The van der Waals surface area contributed by atoms with Crippen molar-refractivity contribution >= 4 is 16.9 Å². The summed E-state index contributed by atoms with van der Waals surface area (Å²) in [5.41, 5.74) is 2.35. The Labute approximate surface area is 203 Å². The Balaban J connectivity index is 1.66. The minimum absolute atomic E-state index is 0.230. The van der Waals surface area contributed by atoms with Crippen LogP contribution in [0.1, 0.15) is 45.6 Å². The molecule has 1 aliphatic carbocycles. The van der Waals surface area contributed by atoms with Crippen LogP contribution in [0.25, 0.3) is 27.8 Å². The first-order chi connectivity index (χ1) is 16.6. The summed E-state index contributed by atoms with van der Waals surface area (Å²) in [6, 6.07) is 15.4. The molecule has 4 nitrogen and oxygen atoms in total. The maximum Gasteiger partial charge on any atom is 0.416 e. The Bertz CT molecular complexity index is 1340. The van der Waals surface area contributed by atoms with E-state index in [1.165, 1.54) is 18.8 Å². The average Bonchev–Trinajstić information content (AvgIpc) is 3.19. The maximum absolute atomic E-state index is 13.4. The zero-order chi connectivity index (χ0) is 24.8. The van der Waals surface area contributed by atoms with Crippen LogP contribution in [-0.4, -0.2) is 20.6 Å². The summed E-state index contributed by atoms with van der Waals surface area (Å²) in [5, 5.41) is 4.49. The van der Waals surface area contributed by atoms with Gasteiger partial charge in [-0.3, -0.25) is 0 Å². The molecule has 2 heterocycles. The molecule has 1 saturated carbocycles. The first-order valence-corrected chi connectivity index (χ1v) is 12.0. The van der Waals surface area contributed by atoms with Crippen LogP contribution in [0.5, 0.6) is 0 Å². The number of anilines is 1. The van der Waals surface area contributed by atoms with E-state index in [2.05, 4.69) is 36.1 Å². The van der Waals surface area contributed by atoms with Gasteiger partial charge in [0.25, 0.3) is 0 Å². The van der Waals surface area contributed by atoms with Crippen LogP contribution in [0.15, 0.2) is 67.1 Å². The summed E-state index contributed by atoms with van der Waals surface area (Å²) in [4.78, 5) is 9.13. The number of hydrogen-bond donors (Lipinski definition) is 1. The Hall–Kier alpha value is -3.35. The number of nitrogens with one attached hydrogen (secondary N) is 1. The fourth-order valence-corrected chi connectivity index (χ4v) is 5.69. The second kappa shape index (κ2) is 8.70. The Morgan fingerprint density at radius 3 is 2.49 bits per heavy atom. The maximum atomic E-state index is 13.4. The Morgan fingerprint density at radius 1 is 1.00 bits per heavy atom. The normalized spacial score (nSPS) is 20.2. The zero-order valence-electron chi connectivity index (χ0n) is 20.1. The predicted octanol–water partition coefficient (Wildman–Crippen LogP) is 7.73. The molecule has 1 fully saturated rings. The molecule has 4 aromatic rings. The van der Waals surface area contributed by atoms with E-state index in [-0.39, 0.29) is 11.5 Å².